The number of rotatable bonds is 7. The van der Waals surface area contributed by atoms with Crippen LogP contribution in [-0.4, -0.2) is 13.2 Å². The number of nitrogens with one attached hydrogen (secondary N) is 1. The van der Waals surface area contributed by atoms with Crippen molar-refractivity contribution in [2.75, 3.05) is 13.2 Å². The molecule has 112 valence electrons. The van der Waals surface area contributed by atoms with Crippen LogP contribution in [0.25, 0.3) is 0 Å². The fourth-order valence-electron chi connectivity index (χ4n) is 3.01. The molecule has 0 amide bonds. The molecule has 0 heterocycles. The van der Waals surface area contributed by atoms with Crippen LogP contribution in [0, 0.1) is 5.92 Å². The van der Waals surface area contributed by atoms with Crippen molar-refractivity contribution in [3.8, 4) is 5.75 Å². The zero-order valence-corrected chi connectivity index (χ0v) is 13.2. The van der Waals surface area contributed by atoms with Crippen LogP contribution >= 0.6 is 0 Å². The van der Waals surface area contributed by atoms with E-state index >= 15 is 0 Å². The first kappa shape index (κ1) is 15.4. The van der Waals surface area contributed by atoms with Crippen molar-refractivity contribution in [1.29, 1.82) is 0 Å². The third kappa shape index (κ3) is 4.24. The van der Waals surface area contributed by atoms with Crippen LogP contribution in [0.4, 0.5) is 0 Å². The molecule has 1 aromatic carbocycles. The molecule has 2 rings (SSSR count). The average Bonchev–Trinajstić information content (AvgIpc) is 2.44. The molecule has 0 bridgehead atoms. The van der Waals surface area contributed by atoms with Crippen molar-refractivity contribution in [2.24, 2.45) is 5.92 Å². The topological polar surface area (TPSA) is 21.3 Å². The minimum Gasteiger partial charge on any atom is -0.494 e. The fourth-order valence-corrected chi connectivity index (χ4v) is 3.01. The van der Waals surface area contributed by atoms with Crippen LogP contribution in [-0.2, 0) is 6.42 Å². The smallest absolute Gasteiger partial charge is 0.119 e. The van der Waals surface area contributed by atoms with Gasteiger partial charge in [0.05, 0.1) is 6.61 Å². The Kier molecular flexibility index (Phi) is 5.90. The Bertz CT molecular complexity index is 414. The van der Waals surface area contributed by atoms with Gasteiger partial charge in [0.25, 0.3) is 0 Å². The average molecular weight is 275 g/mol. The second-order valence-electron chi connectivity index (χ2n) is 6.25. The predicted octanol–water partition coefficient (Wildman–Crippen LogP) is 4.49. The third-order valence-electron chi connectivity index (χ3n) is 4.08. The molecule has 0 saturated carbocycles. The van der Waals surface area contributed by atoms with Crippen molar-refractivity contribution in [3.63, 3.8) is 0 Å². The van der Waals surface area contributed by atoms with E-state index in [1.807, 2.05) is 0 Å². The van der Waals surface area contributed by atoms with Crippen molar-refractivity contribution < 1.29 is 4.74 Å². The van der Waals surface area contributed by atoms with Crippen molar-refractivity contribution in [2.45, 2.75) is 58.9 Å². The Morgan fingerprint density at radius 3 is 2.95 bits per heavy atom. The fraction of sp³-hybridized carbons (Fsp3) is 0.667. The lowest BCUT2D eigenvalue weighted by Gasteiger charge is -2.26. The quantitative estimate of drug-likeness (QED) is 0.740. The van der Waals surface area contributed by atoms with Gasteiger partial charge in [-0.2, -0.15) is 0 Å². The Labute approximate surface area is 123 Å². The van der Waals surface area contributed by atoms with Crippen LogP contribution in [0.15, 0.2) is 18.2 Å². The molecule has 2 heteroatoms. The normalized spacial score (nSPS) is 18.1. The van der Waals surface area contributed by atoms with Crippen LogP contribution in [0.1, 0.15) is 63.6 Å². The minimum atomic E-state index is 0.517. The minimum absolute atomic E-state index is 0.517. The SMILES string of the molecule is CCNC1CCCc2ccc(OCCCC(C)C)cc21. The second kappa shape index (κ2) is 7.68. The highest BCUT2D eigenvalue weighted by atomic mass is 16.5. The van der Waals surface area contributed by atoms with Gasteiger partial charge in [-0.05, 0) is 67.8 Å². The summed E-state index contributed by atoms with van der Waals surface area (Å²) in [6, 6.07) is 7.18. The van der Waals surface area contributed by atoms with Crippen LogP contribution < -0.4 is 10.1 Å². The maximum Gasteiger partial charge on any atom is 0.119 e. The highest BCUT2D eigenvalue weighted by molar-refractivity contribution is 5.39. The lowest BCUT2D eigenvalue weighted by Crippen LogP contribution is -2.24. The Hall–Kier alpha value is -1.02. The standard InChI is InChI=1S/C18H29NO/c1-4-19-18-9-5-8-15-10-11-16(13-17(15)18)20-12-6-7-14(2)3/h10-11,13-14,18-19H,4-9,12H2,1-3H3. The number of ether oxygens (including phenoxy) is 1. The Morgan fingerprint density at radius 1 is 1.35 bits per heavy atom. The zero-order valence-electron chi connectivity index (χ0n) is 13.2. The van der Waals surface area contributed by atoms with E-state index in [4.69, 9.17) is 4.74 Å². The predicted molar refractivity (Wildman–Crippen MR) is 85.4 cm³/mol. The maximum atomic E-state index is 5.92. The molecule has 1 aliphatic carbocycles. The maximum absolute atomic E-state index is 5.92. The summed E-state index contributed by atoms with van der Waals surface area (Å²) in [6.07, 6.45) is 6.14. The molecule has 1 aliphatic rings. The van der Waals surface area contributed by atoms with E-state index in [1.54, 1.807) is 0 Å². The first-order valence-corrected chi connectivity index (χ1v) is 8.19. The molecule has 1 unspecified atom stereocenters. The van der Waals surface area contributed by atoms with Crippen LogP contribution in [0.2, 0.25) is 0 Å². The van der Waals surface area contributed by atoms with Gasteiger partial charge in [-0.25, -0.2) is 0 Å². The summed E-state index contributed by atoms with van der Waals surface area (Å²) in [4.78, 5) is 0. The van der Waals surface area contributed by atoms with Gasteiger partial charge in [0.2, 0.25) is 0 Å². The number of benzene rings is 1. The van der Waals surface area contributed by atoms with E-state index in [-0.39, 0.29) is 0 Å². The summed E-state index contributed by atoms with van der Waals surface area (Å²) in [5, 5.41) is 3.59. The van der Waals surface area contributed by atoms with Gasteiger partial charge in [-0.15, -0.1) is 0 Å². The summed E-state index contributed by atoms with van der Waals surface area (Å²) in [6.45, 7) is 8.58. The van der Waals surface area contributed by atoms with Gasteiger partial charge >= 0.3 is 0 Å². The Morgan fingerprint density at radius 2 is 2.20 bits per heavy atom. The van der Waals surface area contributed by atoms with E-state index in [0.717, 1.165) is 31.2 Å². The zero-order chi connectivity index (χ0) is 14.4. The van der Waals surface area contributed by atoms with Crippen LogP contribution in [0.5, 0.6) is 5.75 Å². The summed E-state index contributed by atoms with van der Waals surface area (Å²) in [5.41, 5.74) is 2.95. The molecule has 20 heavy (non-hydrogen) atoms. The summed E-state index contributed by atoms with van der Waals surface area (Å²) in [5.74, 6) is 1.80. The molecule has 0 fully saturated rings. The molecule has 0 saturated heterocycles. The first-order chi connectivity index (χ1) is 9.70. The summed E-state index contributed by atoms with van der Waals surface area (Å²) in [7, 11) is 0. The van der Waals surface area contributed by atoms with E-state index in [0.29, 0.717) is 6.04 Å². The first-order valence-electron chi connectivity index (χ1n) is 8.19. The molecule has 0 spiro atoms. The van der Waals surface area contributed by atoms with E-state index in [1.165, 1.54) is 36.8 Å². The molecular formula is C18H29NO. The van der Waals surface area contributed by atoms with E-state index in [9.17, 15) is 0 Å². The molecule has 0 aromatic heterocycles. The lowest BCUT2D eigenvalue weighted by molar-refractivity contribution is 0.296. The highest BCUT2D eigenvalue weighted by Crippen LogP contribution is 2.32. The molecule has 0 aliphatic heterocycles. The number of aryl methyl sites for hydroxylation is 1. The third-order valence-corrected chi connectivity index (χ3v) is 4.08. The number of hydrogen-bond acceptors (Lipinski definition) is 2. The summed E-state index contributed by atoms with van der Waals surface area (Å²) < 4.78 is 5.92. The van der Waals surface area contributed by atoms with Crippen molar-refractivity contribution in [1.82, 2.24) is 5.32 Å². The van der Waals surface area contributed by atoms with Gasteiger partial charge in [0.1, 0.15) is 5.75 Å². The molecule has 0 radical (unpaired) electrons. The summed E-state index contributed by atoms with van der Waals surface area (Å²) >= 11 is 0. The van der Waals surface area contributed by atoms with Crippen molar-refractivity contribution in [3.05, 3.63) is 29.3 Å². The molecule has 1 aromatic rings. The van der Waals surface area contributed by atoms with E-state index < -0.39 is 0 Å². The highest BCUT2D eigenvalue weighted by Gasteiger charge is 2.19. The van der Waals surface area contributed by atoms with Gasteiger partial charge in [-0.3, -0.25) is 0 Å². The van der Waals surface area contributed by atoms with Gasteiger partial charge < -0.3 is 10.1 Å². The number of fused-ring (bicyclic) bond motifs is 1. The van der Waals surface area contributed by atoms with Gasteiger partial charge in [0, 0.05) is 6.04 Å². The van der Waals surface area contributed by atoms with E-state index in [2.05, 4.69) is 44.3 Å². The number of hydrogen-bond donors (Lipinski definition) is 1. The Balaban J connectivity index is 1.96. The largest absolute Gasteiger partial charge is 0.494 e. The van der Waals surface area contributed by atoms with Crippen LogP contribution in [0.3, 0.4) is 0 Å². The molecule has 2 nitrogen and oxygen atoms in total. The molecule has 1 atom stereocenters. The lowest BCUT2D eigenvalue weighted by atomic mass is 9.87. The van der Waals surface area contributed by atoms with Gasteiger partial charge in [-0.1, -0.05) is 26.8 Å². The monoisotopic (exact) mass is 275 g/mol. The molecular weight excluding hydrogens is 246 g/mol. The van der Waals surface area contributed by atoms with Crippen molar-refractivity contribution >= 4 is 0 Å². The molecule has 1 N–H and O–H groups in total. The second-order valence-corrected chi connectivity index (χ2v) is 6.25. The van der Waals surface area contributed by atoms with Gasteiger partial charge in [0.15, 0.2) is 0 Å².